The van der Waals surface area contributed by atoms with Crippen LogP contribution >= 0.6 is 0 Å². The number of rotatable bonds is 4. The summed E-state index contributed by atoms with van der Waals surface area (Å²) in [5.74, 6) is -0.333. The maximum absolute atomic E-state index is 12.7. The molecule has 4 rings (SSSR count). The van der Waals surface area contributed by atoms with Crippen molar-refractivity contribution < 1.29 is 9.53 Å². The number of carbonyl (C=O) groups is 1. The van der Waals surface area contributed by atoms with E-state index in [1.165, 1.54) is 12.5 Å². The second-order valence-electron chi connectivity index (χ2n) is 6.49. The smallest absolute Gasteiger partial charge is 0.256 e. The first-order chi connectivity index (χ1) is 12.7. The first-order valence-electron chi connectivity index (χ1n) is 8.76. The molecule has 0 unspecified atom stereocenters. The van der Waals surface area contributed by atoms with Gasteiger partial charge in [-0.05, 0) is 25.3 Å². The van der Waals surface area contributed by atoms with Gasteiger partial charge in [0.25, 0.3) is 5.91 Å². The predicted molar refractivity (Wildman–Crippen MR) is 98.3 cm³/mol. The summed E-state index contributed by atoms with van der Waals surface area (Å²) in [4.78, 5) is 27.2. The first kappa shape index (κ1) is 16.5. The number of anilines is 1. The van der Waals surface area contributed by atoms with Crippen LogP contribution in [0.4, 0.5) is 5.69 Å². The first-order valence-corrected chi connectivity index (χ1v) is 8.76. The zero-order valence-corrected chi connectivity index (χ0v) is 14.3. The zero-order chi connectivity index (χ0) is 17.9. The Hall–Kier alpha value is -2.93. The minimum absolute atomic E-state index is 0.170. The van der Waals surface area contributed by atoms with Crippen molar-refractivity contribution in [3.8, 4) is 0 Å². The molecule has 7 heteroatoms. The van der Waals surface area contributed by atoms with E-state index in [9.17, 15) is 9.59 Å². The van der Waals surface area contributed by atoms with Gasteiger partial charge in [0.1, 0.15) is 0 Å². The zero-order valence-electron chi connectivity index (χ0n) is 14.3. The third-order valence-corrected chi connectivity index (χ3v) is 4.55. The lowest BCUT2D eigenvalue weighted by molar-refractivity contribution is 0.00401. The highest BCUT2D eigenvalue weighted by Gasteiger charge is 2.16. The highest BCUT2D eigenvalue weighted by Crippen LogP contribution is 2.18. The van der Waals surface area contributed by atoms with Crippen molar-refractivity contribution in [2.75, 3.05) is 11.9 Å². The molecule has 134 valence electrons. The molecule has 26 heavy (non-hydrogen) atoms. The molecule has 2 aromatic heterocycles. The Morgan fingerprint density at radius 3 is 3.08 bits per heavy atom. The number of H-pyrrole nitrogens is 1. The normalized spacial score (nSPS) is 17.3. The van der Waals surface area contributed by atoms with Crippen molar-refractivity contribution in [3.05, 3.63) is 58.6 Å². The van der Waals surface area contributed by atoms with Crippen molar-refractivity contribution in [2.24, 2.45) is 0 Å². The van der Waals surface area contributed by atoms with Crippen LogP contribution in [0.25, 0.3) is 10.9 Å². The number of aromatic amines is 1. The van der Waals surface area contributed by atoms with Gasteiger partial charge in [0.05, 0.1) is 30.1 Å². The van der Waals surface area contributed by atoms with Crippen molar-refractivity contribution in [3.63, 3.8) is 0 Å². The van der Waals surface area contributed by atoms with Crippen molar-refractivity contribution in [1.29, 1.82) is 0 Å². The summed E-state index contributed by atoms with van der Waals surface area (Å²) in [7, 11) is 0. The van der Waals surface area contributed by atoms with Gasteiger partial charge in [-0.15, -0.1) is 0 Å². The van der Waals surface area contributed by atoms with Gasteiger partial charge >= 0.3 is 0 Å². The molecule has 1 saturated heterocycles. The summed E-state index contributed by atoms with van der Waals surface area (Å²) in [6.45, 7) is 1.47. The van der Waals surface area contributed by atoms with Gasteiger partial charge in [-0.2, -0.15) is 5.10 Å². The van der Waals surface area contributed by atoms with Crippen LogP contribution in [0.15, 0.2) is 47.5 Å². The second-order valence-corrected chi connectivity index (χ2v) is 6.49. The van der Waals surface area contributed by atoms with E-state index in [4.69, 9.17) is 4.74 Å². The lowest BCUT2D eigenvalue weighted by Crippen LogP contribution is -2.24. The largest absolute Gasteiger partial charge is 0.376 e. The van der Waals surface area contributed by atoms with Crippen LogP contribution in [-0.4, -0.2) is 33.4 Å². The fraction of sp³-hybridized carbons (Fsp3) is 0.316. The van der Waals surface area contributed by atoms with Crippen molar-refractivity contribution in [2.45, 2.75) is 31.9 Å². The maximum Gasteiger partial charge on any atom is 0.256 e. The van der Waals surface area contributed by atoms with Gasteiger partial charge in [-0.3, -0.25) is 14.3 Å². The van der Waals surface area contributed by atoms with E-state index in [0.29, 0.717) is 28.7 Å². The molecule has 3 aromatic rings. The summed E-state index contributed by atoms with van der Waals surface area (Å²) >= 11 is 0. The van der Waals surface area contributed by atoms with Gasteiger partial charge in [-0.25, -0.2) is 0 Å². The fourth-order valence-electron chi connectivity index (χ4n) is 3.28. The number of amides is 1. The van der Waals surface area contributed by atoms with Gasteiger partial charge < -0.3 is 15.0 Å². The third-order valence-electron chi connectivity index (χ3n) is 4.55. The molecule has 0 spiro atoms. The number of aromatic nitrogens is 3. The van der Waals surface area contributed by atoms with E-state index in [1.807, 2.05) is 18.2 Å². The predicted octanol–water partition coefficient (Wildman–Crippen LogP) is 2.55. The lowest BCUT2D eigenvalue weighted by atomic mass is 10.1. The van der Waals surface area contributed by atoms with Crippen LogP contribution in [0.5, 0.6) is 0 Å². The Labute approximate surface area is 150 Å². The number of nitrogens with zero attached hydrogens (tertiary/aromatic N) is 2. The standard InChI is InChI=1S/C19H20N4O3/c24-18-9-16(15-6-1-2-7-17(15)22-18)19(25)21-13-10-20-23(11-13)12-14-5-3-4-8-26-14/h1-2,6-7,9-11,14H,3-5,8,12H2,(H,21,25)(H,22,24)/t14-/m1/s1. The van der Waals surface area contributed by atoms with Crippen molar-refractivity contribution >= 4 is 22.5 Å². The van der Waals surface area contributed by atoms with E-state index in [2.05, 4.69) is 15.4 Å². The summed E-state index contributed by atoms with van der Waals surface area (Å²) < 4.78 is 7.50. The topological polar surface area (TPSA) is 89.0 Å². The number of hydrogen-bond donors (Lipinski definition) is 2. The highest BCUT2D eigenvalue weighted by molar-refractivity contribution is 6.12. The minimum Gasteiger partial charge on any atom is -0.376 e. The molecule has 1 amide bonds. The molecule has 3 heterocycles. The van der Waals surface area contributed by atoms with Crippen molar-refractivity contribution in [1.82, 2.24) is 14.8 Å². The molecular formula is C19H20N4O3. The molecule has 2 N–H and O–H groups in total. The molecule has 1 aliphatic rings. The fourth-order valence-corrected chi connectivity index (χ4v) is 3.28. The van der Waals surface area contributed by atoms with Crippen LogP contribution in [-0.2, 0) is 11.3 Å². The number of fused-ring (bicyclic) bond motifs is 1. The van der Waals surface area contributed by atoms with Crippen LogP contribution in [0, 0.1) is 0 Å². The Bertz CT molecular complexity index is 986. The number of benzene rings is 1. The maximum atomic E-state index is 12.7. The molecule has 1 atom stereocenters. The molecule has 1 aromatic carbocycles. The van der Waals surface area contributed by atoms with Gasteiger partial charge in [0.2, 0.25) is 5.56 Å². The number of para-hydroxylation sites is 1. The summed E-state index contributed by atoms with van der Waals surface area (Å²) in [5, 5.41) is 7.81. The van der Waals surface area contributed by atoms with E-state index >= 15 is 0 Å². The Morgan fingerprint density at radius 2 is 2.23 bits per heavy atom. The van der Waals surface area contributed by atoms with Gasteiger partial charge in [0.15, 0.2) is 0 Å². The van der Waals surface area contributed by atoms with Crippen LogP contribution < -0.4 is 10.9 Å². The van der Waals surface area contributed by atoms with E-state index < -0.39 is 0 Å². The van der Waals surface area contributed by atoms with Gasteiger partial charge in [-0.1, -0.05) is 18.2 Å². The van der Waals surface area contributed by atoms with Gasteiger partial charge in [0, 0.05) is 29.8 Å². The summed E-state index contributed by atoms with van der Waals surface area (Å²) in [6.07, 6.45) is 6.87. The average Bonchev–Trinajstić information content (AvgIpc) is 3.08. The Balaban J connectivity index is 1.51. The third kappa shape index (κ3) is 3.52. The highest BCUT2D eigenvalue weighted by atomic mass is 16.5. The molecule has 1 fully saturated rings. The van der Waals surface area contributed by atoms with Crippen LogP contribution in [0.3, 0.4) is 0 Å². The number of hydrogen-bond acceptors (Lipinski definition) is 4. The molecule has 0 aliphatic carbocycles. The van der Waals surface area contributed by atoms with E-state index in [-0.39, 0.29) is 17.6 Å². The molecule has 0 bridgehead atoms. The number of carbonyl (C=O) groups excluding carboxylic acids is 1. The summed E-state index contributed by atoms with van der Waals surface area (Å²) in [5.41, 5.74) is 1.26. The number of pyridine rings is 1. The quantitative estimate of drug-likeness (QED) is 0.755. The average molecular weight is 352 g/mol. The van der Waals surface area contributed by atoms with Crippen LogP contribution in [0.2, 0.25) is 0 Å². The molecule has 7 nitrogen and oxygen atoms in total. The van der Waals surface area contributed by atoms with E-state index in [0.717, 1.165) is 19.4 Å². The number of nitrogens with one attached hydrogen (secondary N) is 2. The molecule has 1 aliphatic heterocycles. The molecule has 0 saturated carbocycles. The molecular weight excluding hydrogens is 332 g/mol. The van der Waals surface area contributed by atoms with Crippen LogP contribution in [0.1, 0.15) is 29.6 Å². The Kier molecular flexibility index (Phi) is 4.53. The Morgan fingerprint density at radius 1 is 1.35 bits per heavy atom. The second kappa shape index (κ2) is 7.13. The minimum atomic E-state index is -0.333. The SMILES string of the molecule is O=C(Nc1cnn(C[C@H]2CCCCO2)c1)c1cc(=O)[nH]c2ccccc12. The molecule has 0 radical (unpaired) electrons. The summed E-state index contributed by atoms with van der Waals surface area (Å²) in [6, 6.07) is 8.55. The van der Waals surface area contributed by atoms with E-state index in [1.54, 1.807) is 23.1 Å². The monoisotopic (exact) mass is 352 g/mol. The lowest BCUT2D eigenvalue weighted by Gasteiger charge is -2.22. The number of ether oxygens (including phenoxy) is 1.